The van der Waals surface area contributed by atoms with Gasteiger partial charge in [-0.3, -0.25) is 4.79 Å². The van der Waals surface area contributed by atoms with Crippen LogP contribution in [0.5, 0.6) is 0 Å². The molecule has 2 atom stereocenters. The Kier molecular flexibility index (Phi) is 3.72. The van der Waals surface area contributed by atoms with Crippen molar-refractivity contribution < 1.29 is 4.79 Å². The molecule has 1 aromatic carbocycles. The monoisotopic (exact) mass is 323 g/mol. The largest absolute Gasteiger partial charge is 0.345 e. The van der Waals surface area contributed by atoms with E-state index in [9.17, 15) is 4.79 Å². The van der Waals surface area contributed by atoms with E-state index in [1.165, 1.54) is 27.6 Å². The molecule has 4 nitrogen and oxygen atoms in total. The fourth-order valence-electron chi connectivity index (χ4n) is 4.25. The van der Waals surface area contributed by atoms with Crippen molar-refractivity contribution in [3.63, 3.8) is 0 Å². The van der Waals surface area contributed by atoms with Crippen LogP contribution >= 0.6 is 0 Å². The molecule has 126 valence electrons. The average molecular weight is 323 g/mol. The molecule has 2 aromatic rings. The van der Waals surface area contributed by atoms with Crippen LogP contribution in [0.3, 0.4) is 0 Å². The molecule has 0 aliphatic carbocycles. The average Bonchev–Trinajstić information content (AvgIpc) is 2.93. The summed E-state index contributed by atoms with van der Waals surface area (Å²) in [6.45, 7) is 9.49. The lowest BCUT2D eigenvalue weighted by Gasteiger charge is -2.35. The number of nitrogens with one attached hydrogen (secondary N) is 1. The molecular weight excluding hydrogens is 298 g/mol. The lowest BCUT2D eigenvalue weighted by Crippen LogP contribution is -2.47. The number of amides is 1. The number of rotatable bonds is 3. The third kappa shape index (κ3) is 2.20. The Bertz CT molecular complexity index is 829. The SMILES string of the molecule is CCN(CC)C(=O)C1C=C2c3cccc4c(C)cn(c34)CC2NC1. The molecule has 0 bridgehead atoms. The zero-order valence-electron chi connectivity index (χ0n) is 14.7. The van der Waals surface area contributed by atoms with Gasteiger partial charge in [-0.25, -0.2) is 0 Å². The van der Waals surface area contributed by atoms with E-state index in [1.807, 2.05) is 18.7 Å². The third-order valence-electron chi connectivity index (χ3n) is 5.52. The summed E-state index contributed by atoms with van der Waals surface area (Å²) in [4.78, 5) is 14.7. The number of hydrogen-bond acceptors (Lipinski definition) is 2. The Hall–Kier alpha value is -2.07. The number of aryl methyl sites for hydroxylation is 1. The van der Waals surface area contributed by atoms with Crippen LogP contribution in [0.25, 0.3) is 16.5 Å². The predicted octanol–water partition coefficient (Wildman–Crippen LogP) is 2.80. The topological polar surface area (TPSA) is 37.3 Å². The summed E-state index contributed by atoms with van der Waals surface area (Å²) < 4.78 is 2.36. The van der Waals surface area contributed by atoms with Gasteiger partial charge in [0.05, 0.1) is 17.5 Å². The molecule has 1 amide bonds. The lowest BCUT2D eigenvalue weighted by molar-refractivity contribution is -0.133. The van der Waals surface area contributed by atoms with Crippen molar-refractivity contribution in [1.82, 2.24) is 14.8 Å². The van der Waals surface area contributed by atoms with E-state index in [4.69, 9.17) is 0 Å². The van der Waals surface area contributed by atoms with Gasteiger partial charge in [0.25, 0.3) is 0 Å². The maximum atomic E-state index is 12.8. The van der Waals surface area contributed by atoms with Crippen LogP contribution in [0, 0.1) is 12.8 Å². The number of aromatic nitrogens is 1. The first-order valence-electron chi connectivity index (χ1n) is 8.96. The Morgan fingerprint density at radius 2 is 2.12 bits per heavy atom. The molecule has 0 radical (unpaired) electrons. The Balaban J connectivity index is 1.79. The first kappa shape index (κ1) is 15.5. The molecular formula is C20H25N3O. The fourth-order valence-corrected chi connectivity index (χ4v) is 4.25. The van der Waals surface area contributed by atoms with Crippen molar-refractivity contribution in [2.24, 2.45) is 5.92 Å². The van der Waals surface area contributed by atoms with Crippen molar-refractivity contribution >= 4 is 22.4 Å². The molecule has 1 aromatic heterocycles. The smallest absolute Gasteiger partial charge is 0.230 e. The third-order valence-corrected chi connectivity index (χ3v) is 5.52. The van der Waals surface area contributed by atoms with Crippen molar-refractivity contribution in [2.45, 2.75) is 33.4 Å². The Morgan fingerprint density at radius 1 is 1.33 bits per heavy atom. The van der Waals surface area contributed by atoms with Crippen LogP contribution in [-0.4, -0.2) is 41.1 Å². The van der Waals surface area contributed by atoms with Crippen molar-refractivity contribution in [3.8, 4) is 0 Å². The van der Waals surface area contributed by atoms with Gasteiger partial charge >= 0.3 is 0 Å². The number of carbonyl (C=O) groups excluding carboxylic acids is 1. The van der Waals surface area contributed by atoms with Crippen molar-refractivity contribution in [2.75, 3.05) is 19.6 Å². The first-order chi connectivity index (χ1) is 11.6. The first-order valence-corrected chi connectivity index (χ1v) is 8.96. The zero-order chi connectivity index (χ0) is 16.8. The minimum Gasteiger partial charge on any atom is -0.345 e. The van der Waals surface area contributed by atoms with E-state index < -0.39 is 0 Å². The molecule has 2 aliphatic rings. The number of carbonyl (C=O) groups is 1. The summed E-state index contributed by atoms with van der Waals surface area (Å²) in [5.74, 6) is 0.178. The number of para-hydroxylation sites is 1. The van der Waals surface area contributed by atoms with Gasteiger partial charge in [0.2, 0.25) is 5.91 Å². The molecule has 1 N–H and O–H groups in total. The van der Waals surface area contributed by atoms with Gasteiger partial charge in [-0.15, -0.1) is 0 Å². The normalized spacial score (nSPS) is 22.2. The van der Waals surface area contributed by atoms with Gasteiger partial charge in [-0.2, -0.15) is 0 Å². The van der Waals surface area contributed by atoms with Crippen molar-refractivity contribution in [3.05, 3.63) is 41.6 Å². The summed E-state index contributed by atoms with van der Waals surface area (Å²) in [5, 5.41) is 4.93. The van der Waals surface area contributed by atoms with E-state index in [2.05, 4.69) is 47.3 Å². The van der Waals surface area contributed by atoms with Crippen LogP contribution < -0.4 is 5.32 Å². The quantitative estimate of drug-likeness (QED) is 0.943. The molecule has 4 heteroatoms. The van der Waals surface area contributed by atoms with Gasteiger partial charge in [-0.05, 0) is 31.9 Å². The summed E-state index contributed by atoms with van der Waals surface area (Å²) in [6.07, 6.45) is 4.47. The highest BCUT2D eigenvalue weighted by Gasteiger charge is 2.33. The Labute approximate surface area is 143 Å². The van der Waals surface area contributed by atoms with Gasteiger partial charge < -0.3 is 14.8 Å². The second-order valence-corrected chi connectivity index (χ2v) is 6.87. The summed E-state index contributed by atoms with van der Waals surface area (Å²) in [5.41, 5.74) is 5.21. The van der Waals surface area contributed by atoms with E-state index >= 15 is 0 Å². The molecule has 4 rings (SSSR count). The van der Waals surface area contributed by atoms with Crippen LogP contribution in [-0.2, 0) is 11.3 Å². The number of benzene rings is 1. The maximum Gasteiger partial charge on any atom is 0.230 e. The Morgan fingerprint density at radius 3 is 2.88 bits per heavy atom. The molecule has 2 aliphatic heterocycles. The number of hydrogen-bond donors (Lipinski definition) is 1. The van der Waals surface area contributed by atoms with E-state index in [-0.39, 0.29) is 11.8 Å². The molecule has 0 fully saturated rings. The minimum atomic E-state index is -0.0611. The molecule has 3 heterocycles. The molecule has 0 saturated carbocycles. The van der Waals surface area contributed by atoms with Gasteiger partial charge in [0, 0.05) is 43.3 Å². The summed E-state index contributed by atoms with van der Waals surface area (Å²) in [7, 11) is 0. The molecule has 24 heavy (non-hydrogen) atoms. The maximum absolute atomic E-state index is 12.8. The number of fused-ring (bicyclic) bond motifs is 2. The van der Waals surface area contributed by atoms with E-state index in [0.29, 0.717) is 6.04 Å². The van der Waals surface area contributed by atoms with Crippen LogP contribution in [0.1, 0.15) is 25.0 Å². The zero-order valence-corrected chi connectivity index (χ0v) is 14.7. The van der Waals surface area contributed by atoms with Crippen LogP contribution in [0.2, 0.25) is 0 Å². The second-order valence-electron chi connectivity index (χ2n) is 6.87. The van der Waals surface area contributed by atoms with Crippen molar-refractivity contribution in [1.29, 1.82) is 0 Å². The fraction of sp³-hybridized carbons (Fsp3) is 0.450. The molecule has 0 saturated heterocycles. The highest BCUT2D eigenvalue weighted by Crippen LogP contribution is 2.37. The van der Waals surface area contributed by atoms with Gasteiger partial charge in [0.15, 0.2) is 0 Å². The van der Waals surface area contributed by atoms with Gasteiger partial charge in [0.1, 0.15) is 0 Å². The van der Waals surface area contributed by atoms with Gasteiger partial charge in [-0.1, -0.05) is 24.3 Å². The van der Waals surface area contributed by atoms with Crippen LogP contribution in [0.15, 0.2) is 30.5 Å². The standard InChI is InChI=1S/C20H25N3O/c1-4-22(5-2)20(24)14-9-17-16-8-6-7-15-13(3)11-23(19(15)16)12-18(17)21-10-14/h6-9,11,14,18,21H,4-5,10,12H2,1-3H3. The van der Waals surface area contributed by atoms with Crippen LogP contribution in [0.4, 0.5) is 0 Å². The summed E-state index contributed by atoms with van der Waals surface area (Å²) >= 11 is 0. The number of nitrogens with zero attached hydrogens (tertiary/aromatic N) is 2. The lowest BCUT2D eigenvalue weighted by atomic mass is 9.86. The highest BCUT2D eigenvalue weighted by molar-refractivity contribution is 5.97. The predicted molar refractivity (Wildman–Crippen MR) is 97.9 cm³/mol. The van der Waals surface area contributed by atoms with E-state index in [0.717, 1.165) is 26.2 Å². The highest BCUT2D eigenvalue weighted by atomic mass is 16.2. The second kappa shape index (κ2) is 5.78. The molecule has 2 unspecified atom stereocenters. The summed E-state index contributed by atoms with van der Waals surface area (Å²) in [6, 6.07) is 6.83. The molecule has 0 spiro atoms. The minimum absolute atomic E-state index is 0.0611. The van der Waals surface area contributed by atoms with E-state index in [1.54, 1.807) is 0 Å².